The molecule has 0 aliphatic carbocycles. The van der Waals surface area contributed by atoms with E-state index in [4.69, 9.17) is 0 Å². The van der Waals surface area contributed by atoms with Crippen molar-refractivity contribution in [1.82, 2.24) is 20.0 Å². The first-order chi connectivity index (χ1) is 16.0. The molecule has 1 amide bonds. The summed E-state index contributed by atoms with van der Waals surface area (Å²) < 4.78 is 14.9. The van der Waals surface area contributed by atoms with Crippen LogP contribution in [0.1, 0.15) is 15.9 Å². The molecule has 3 aromatic carbocycles. The third-order valence-corrected chi connectivity index (χ3v) is 5.65. The largest absolute Gasteiger partial charge is 0.307 e. The number of halogens is 1. The molecule has 0 aliphatic rings. The number of aryl methyl sites for hydroxylation is 2. The highest BCUT2D eigenvalue weighted by molar-refractivity contribution is 6.05. The van der Waals surface area contributed by atoms with Gasteiger partial charge in [0.2, 0.25) is 0 Å². The number of fused-ring (bicyclic) bond motifs is 1. The lowest BCUT2D eigenvalue weighted by molar-refractivity contribution is 0.102. The van der Waals surface area contributed by atoms with Crippen LogP contribution < -0.4 is 5.32 Å². The van der Waals surface area contributed by atoms with Crippen molar-refractivity contribution in [3.8, 4) is 22.4 Å². The van der Waals surface area contributed by atoms with Gasteiger partial charge in [0, 0.05) is 35.0 Å². The highest BCUT2D eigenvalue weighted by atomic mass is 19.1. The Morgan fingerprint density at radius 3 is 2.52 bits per heavy atom. The van der Waals surface area contributed by atoms with Gasteiger partial charge in [0.25, 0.3) is 5.91 Å². The third kappa shape index (κ3) is 3.96. The zero-order chi connectivity index (χ0) is 22.9. The van der Waals surface area contributed by atoms with Gasteiger partial charge < -0.3 is 5.32 Å². The van der Waals surface area contributed by atoms with E-state index >= 15 is 0 Å². The number of nitrogens with one attached hydrogen (secondary N) is 1. The Morgan fingerprint density at radius 2 is 1.76 bits per heavy atom. The summed E-state index contributed by atoms with van der Waals surface area (Å²) in [5.74, 6) is 0.127. The summed E-state index contributed by atoms with van der Waals surface area (Å²) in [4.78, 5) is 12.8. The molecule has 7 heteroatoms. The number of carbonyl (C=O) groups excluding carboxylic acids is 1. The minimum atomic E-state index is -0.294. The van der Waals surface area contributed by atoms with Crippen LogP contribution in [-0.2, 0) is 7.05 Å². The first-order valence-electron chi connectivity index (χ1n) is 10.4. The number of carbonyl (C=O) groups is 1. The molecule has 5 rings (SSSR count). The van der Waals surface area contributed by atoms with E-state index in [2.05, 4.69) is 20.6 Å². The van der Waals surface area contributed by atoms with E-state index < -0.39 is 0 Å². The monoisotopic (exact) mass is 437 g/mol. The molecule has 0 atom stereocenters. The van der Waals surface area contributed by atoms with Gasteiger partial charge in [-0.05, 0) is 66.1 Å². The molecular weight excluding hydrogens is 417 g/mol. The molecule has 0 radical (unpaired) electrons. The first kappa shape index (κ1) is 20.5. The van der Waals surface area contributed by atoms with Crippen LogP contribution in [0.2, 0.25) is 0 Å². The number of amides is 1. The van der Waals surface area contributed by atoms with Crippen LogP contribution in [0.5, 0.6) is 0 Å². The first-order valence-corrected chi connectivity index (χ1v) is 10.4. The predicted octanol–water partition coefficient (Wildman–Crippen LogP) is 5.40. The standard InChI is InChI=1S/C26H20FN5O/c1-16-3-4-19(26(33)30-24-11-12-29-32(24)2)14-23(16)18-7-10-22-20(13-18)15-28-31-25(22)17-5-8-21(27)9-6-17/h3-15H,1-2H3,(H,30,33). The van der Waals surface area contributed by atoms with Gasteiger partial charge in [-0.2, -0.15) is 10.2 Å². The fourth-order valence-corrected chi connectivity index (χ4v) is 3.84. The zero-order valence-corrected chi connectivity index (χ0v) is 18.1. The molecule has 0 unspecified atom stereocenters. The predicted molar refractivity (Wildman–Crippen MR) is 126 cm³/mol. The minimum absolute atomic E-state index is 0.204. The van der Waals surface area contributed by atoms with E-state index in [9.17, 15) is 9.18 Å². The summed E-state index contributed by atoms with van der Waals surface area (Å²) in [5.41, 5.74) is 5.01. The summed E-state index contributed by atoms with van der Waals surface area (Å²) >= 11 is 0. The molecular formula is C26H20FN5O. The average molecular weight is 437 g/mol. The van der Waals surface area contributed by atoms with Gasteiger partial charge in [-0.25, -0.2) is 4.39 Å². The number of hydrogen-bond acceptors (Lipinski definition) is 4. The lowest BCUT2D eigenvalue weighted by Gasteiger charge is -2.12. The van der Waals surface area contributed by atoms with E-state index in [0.29, 0.717) is 17.1 Å². The number of anilines is 1. The molecule has 162 valence electrons. The van der Waals surface area contributed by atoms with Crippen LogP contribution in [0.4, 0.5) is 10.2 Å². The van der Waals surface area contributed by atoms with Crippen molar-refractivity contribution in [2.75, 3.05) is 5.32 Å². The Kier molecular flexibility index (Phi) is 5.14. The van der Waals surface area contributed by atoms with E-state index in [0.717, 1.165) is 33.0 Å². The summed E-state index contributed by atoms with van der Waals surface area (Å²) in [7, 11) is 1.77. The summed E-state index contributed by atoms with van der Waals surface area (Å²) in [5, 5.41) is 17.2. The van der Waals surface area contributed by atoms with Crippen molar-refractivity contribution in [3.05, 3.63) is 96.1 Å². The van der Waals surface area contributed by atoms with Gasteiger partial charge in [0.05, 0.1) is 12.4 Å². The van der Waals surface area contributed by atoms with E-state index in [-0.39, 0.29) is 11.7 Å². The average Bonchev–Trinajstić information content (AvgIpc) is 3.23. The molecule has 2 aromatic heterocycles. The van der Waals surface area contributed by atoms with Crippen LogP contribution in [0.3, 0.4) is 0 Å². The second-order valence-corrected chi connectivity index (χ2v) is 7.83. The molecule has 0 fully saturated rings. The lowest BCUT2D eigenvalue weighted by Crippen LogP contribution is -2.14. The summed E-state index contributed by atoms with van der Waals surface area (Å²) in [6.07, 6.45) is 3.34. The van der Waals surface area contributed by atoms with Crippen molar-refractivity contribution in [2.24, 2.45) is 7.05 Å². The Morgan fingerprint density at radius 1 is 0.970 bits per heavy atom. The molecule has 5 aromatic rings. The van der Waals surface area contributed by atoms with Crippen molar-refractivity contribution in [3.63, 3.8) is 0 Å². The maximum Gasteiger partial charge on any atom is 0.256 e. The van der Waals surface area contributed by atoms with Crippen molar-refractivity contribution in [1.29, 1.82) is 0 Å². The third-order valence-electron chi connectivity index (χ3n) is 5.65. The summed E-state index contributed by atoms with van der Waals surface area (Å²) in [6, 6.07) is 19.6. The lowest BCUT2D eigenvalue weighted by atomic mass is 9.95. The molecule has 2 heterocycles. The van der Waals surface area contributed by atoms with Crippen LogP contribution in [0.15, 0.2) is 79.1 Å². The maximum absolute atomic E-state index is 13.3. The van der Waals surface area contributed by atoms with Gasteiger partial charge in [-0.1, -0.05) is 18.2 Å². The number of rotatable bonds is 4. The Hall–Kier alpha value is -4.39. The minimum Gasteiger partial charge on any atom is -0.307 e. The van der Waals surface area contributed by atoms with Crippen LogP contribution in [0, 0.1) is 12.7 Å². The van der Waals surface area contributed by atoms with Gasteiger partial charge in [-0.15, -0.1) is 5.10 Å². The second kappa shape index (κ2) is 8.27. The van der Waals surface area contributed by atoms with E-state index in [1.807, 2.05) is 43.3 Å². The molecule has 0 bridgehead atoms. The van der Waals surface area contributed by atoms with E-state index in [1.165, 1.54) is 12.1 Å². The molecule has 0 aliphatic heterocycles. The fraction of sp³-hybridized carbons (Fsp3) is 0.0769. The normalized spacial score (nSPS) is 11.0. The molecule has 0 saturated carbocycles. The SMILES string of the molecule is Cc1ccc(C(=O)Nc2ccnn2C)cc1-c1ccc2c(-c3ccc(F)cc3)nncc2c1. The molecule has 0 spiro atoms. The van der Waals surface area contributed by atoms with Gasteiger partial charge in [-0.3, -0.25) is 9.48 Å². The van der Waals surface area contributed by atoms with Crippen LogP contribution in [-0.4, -0.2) is 25.9 Å². The topological polar surface area (TPSA) is 72.7 Å². The van der Waals surface area contributed by atoms with Crippen molar-refractivity contribution in [2.45, 2.75) is 6.92 Å². The Balaban J connectivity index is 1.52. The van der Waals surface area contributed by atoms with Gasteiger partial charge in [0.1, 0.15) is 17.3 Å². The quantitative estimate of drug-likeness (QED) is 0.409. The number of aromatic nitrogens is 4. The molecule has 6 nitrogen and oxygen atoms in total. The summed E-state index contributed by atoms with van der Waals surface area (Å²) in [6.45, 7) is 2.01. The molecule has 33 heavy (non-hydrogen) atoms. The van der Waals surface area contributed by atoms with Crippen LogP contribution >= 0.6 is 0 Å². The van der Waals surface area contributed by atoms with Gasteiger partial charge >= 0.3 is 0 Å². The zero-order valence-electron chi connectivity index (χ0n) is 18.1. The Labute approximate surface area is 189 Å². The highest BCUT2D eigenvalue weighted by Gasteiger charge is 2.13. The Bertz CT molecular complexity index is 1490. The molecule has 1 N–H and O–H groups in total. The number of hydrogen-bond donors (Lipinski definition) is 1. The van der Waals surface area contributed by atoms with E-state index in [1.54, 1.807) is 42.3 Å². The number of benzene rings is 3. The second-order valence-electron chi connectivity index (χ2n) is 7.83. The highest BCUT2D eigenvalue weighted by Crippen LogP contribution is 2.31. The van der Waals surface area contributed by atoms with Crippen molar-refractivity contribution >= 4 is 22.5 Å². The van der Waals surface area contributed by atoms with Crippen LogP contribution in [0.25, 0.3) is 33.2 Å². The van der Waals surface area contributed by atoms with Gasteiger partial charge in [0.15, 0.2) is 0 Å². The van der Waals surface area contributed by atoms with Crippen molar-refractivity contribution < 1.29 is 9.18 Å². The fourth-order valence-electron chi connectivity index (χ4n) is 3.84. The smallest absolute Gasteiger partial charge is 0.256 e. The molecule has 0 saturated heterocycles. The maximum atomic E-state index is 13.3. The number of nitrogens with zero attached hydrogens (tertiary/aromatic N) is 4.